The molecule has 0 radical (unpaired) electrons. The van der Waals surface area contributed by atoms with Crippen LogP contribution in [-0.4, -0.2) is 49.4 Å². The first-order valence-electron chi connectivity index (χ1n) is 7.47. The number of carbonyl (C=O) groups excluding carboxylic acids is 1. The highest BCUT2D eigenvalue weighted by atomic mass is 16.5. The van der Waals surface area contributed by atoms with Crippen molar-refractivity contribution < 1.29 is 14.3 Å². The molecule has 1 N–H and O–H groups in total. The van der Waals surface area contributed by atoms with E-state index in [-0.39, 0.29) is 18.1 Å². The van der Waals surface area contributed by atoms with E-state index in [0.717, 1.165) is 45.0 Å². The molecule has 0 aliphatic carbocycles. The third kappa shape index (κ3) is 3.51. The molecule has 0 bridgehead atoms. The van der Waals surface area contributed by atoms with E-state index in [1.165, 1.54) is 0 Å². The van der Waals surface area contributed by atoms with Gasteiger partial charge in [0.1, 0.15) is 11.9 Å². The smallest absolute Gasteiger partial charge is 0.253 e. The molecule has 1 aromatic heterocycles. The van der Waals surface area contributed by atoms with Crippen LogP contribution in [0.15, 0.2) is 18.3 Å². The minimum absolute atomic E-state index is 0.0831. The topological polar surface area (TPSA) is 63.7 Å². The predicted octanol–water partition coefficient (Wildman–Crippen LogP) is 1.42. The fraction of sp³-hybridized carbons (Fsp3) is 0.600. The van der Waals surface area contributed by atoms with E-state index < -0.39 is 0 Å². The summed E-state index contributed by atoms with van der Waals surface area (Å²) in [5, 5.41) is 2.86. The Morgan fingerprint density at radius 1 is 1.33 bits per heavy atom. The van der Waals surface area contributed by atoms with E-state index in [0.29, 0.717) is 5.69 Å². The molecule has 114 valence electrons. The zero-order valence-electron chi connectivity index (χ0n) is 12.2. The van der Waals surface area contributed by atoms with Crippen molar-refractivity contribution in [2.75, 3.05) is 36.5 Å². The fourth-order valence-electron chi connectivity index (χ4n) is 2.66. The summed E-state index contributed by atoms with van der Waals surface area (Å²) in [5.41, 5.74) is 0.708. The lowest BCUT2D eigenvalue weighted by Crippen LogP contribution is -2.36. The largest absolute Gasteiger partial charge is 0.378 e. The van der Waals surface area contributed by atoms with Crippen LogP contribution < -0.4 is 10.2 Å². The molecule has 1 amide bonds. The zero-order valence-corrected chi connectivity index (χ0v) is 12.2. The lowest BCUT2D eigenvalue weighted by atomic mass is 10.2. The molecule has 2 aliphatic rings. The van der Waals surface area contributed by atoms with Gasteiger partial charge in [0.15, 0.2) is 0 Å². The highest BCUT2D eigenvalue weighted by Crippen LogP contribution is 2.21. The second kappa shape index (κ2) is 6.41. The van der Waals surface area contributed by atoms with E-state index >= 15 is 0 Å². The number of hydrogen-bond acceptors (Lipinski definition) is 5. The Labute approximate surface area is 124 Å². The Morgan fingerprint density at radius 3 is 2.76 bits per heavy atom. The molecule has 1 aromatic rings. The van der Waals surface area contributed by atoms with Crippen molar-refractivity contribution in [2.45, 2.75) is 32.0 Å². The number of ether oxygens (including phenoxy) is 2. The van der Waals surface area contributed by atoms with E-state index in [9.17, 15) is 4.79 Å². The molecule has 0 spiro atoms. The first kappa shape index (κ1) is 14.3. The molecule has 3 heterocycles. The number of pyridine rings is 1. The maximum Gasteiger partial charge on any atom is 0.253 e. The maximum atomic E-state index is 12.1. The van der Waals surface area contributed by atoms with Gasteiger partial charge in [-0.25, -0.2) is 4.98 Å². The average molecular weight is 291 g/mol. The van der Waals surface area contributed by atoms with Gasteiger partial charge in [0.05, 0.1) is 31.2 Å². The van der Waals surface area contributed by atoms with Gasteiger partial charge in [-0.1, -0.05) is 0 Å². The Kier molecular flexibility index (Phi) is 4.36. The van der Waals surface area contributed by atoms with Crippen LogP contribution in [0.3, 0.4) is 0 Å². The summed E-state index contributed by atoms with van der Waals surface area (Å²) in [6, 6.07) is 3.81. The predicted molar refractivity (Wildman–Crippen MR) is 79.5 cm³/mol. The molecule has 0 aromatic carbocycles. The average Bonchev–Trinajstić information content (AvgIpc) is 2.96. The van der Waals surface area contributed by atoms with Gasteiger partial charge in [-0.3, -0.25) is 4.79 Å². The van der Waals surface area contributed by atoms with Crippen LogP contribution in [0.1, 0.15) is 19.8 Å². The van der Waals surface area contributed by atoms with E-state index in [2.05, 4.69) is 15.2 Å². The Morgan fingerprint density at radius 2 is 2.14 bits per heavy atom. The van der Waals surface area contributed by atoms with Gasteiger partial charge in [0.2, 0.25) is 0 Å². The summed E-state index contributed by atoms with van der Waals surface area (Å²) >= 11 is 0. The van der Waals surface area contributed by atoms with Gasteiger partial charge in [-0.2, -0.15) is 0 Å². The summed E-state index contributed by atoms with van der Waals surface area (Å²) in [6.07, 6.45) is 3.25. The molecule has 6 heteroatoms. The summed E-state index contributed by atoms with van der Waals surface area (Å²) in [6.45, 7) is 5.17. The van der Waals surface area contributed by atoms with Crippen molar-refractivity contribution in [3.63, 3.8) is 0 Å². The number of nitrogens with zero attached hydrogens (tertiary/aromatic N) is 2. The van der Waals surface area contributed by atoms with Gasteiger partial charge in [0, 0.05) is 13.1 Å². The third-order valence-electron chi connectivity index (χ3n) is 3.87. The van der Waals surface area contributed by atoms with Gasteiger partial charge < -0.3 is 19.7 Å². The molecule has 3 rings (SSSR count). The van der Waals surface area contributed by atoms with Crippen LogP contribution in [0.4, 0.5) is 11.5 Å². The molecule has 2 fully saturated rings. The van der Waals surface area contributed by atoms with Crippen molar-refractivity contribution in [1.82, 2.24) is 4.98 Å². The number of nitrogens with one attached hydrogen (secondary N) is 1. The number of morpholine rings is 1. The fourth-order valence-corrected chi connectivity index (χ4v) is 2.66. The van der Waals surface area contributed by atoms with Crippen LogP contribution in [-0.2, 0) is 14.3 Å². The second-order valence-electron chi connectivity index (χ2n) is 5.51. The molecular formula is C15H21N3O3. The minimum Gasteiger partial charge on any atom is -0.378 e. The van der Waals surface area contributed by atoms with Crippen molar-refractivity contribution in [1.29, 1.82) is 0 Å². The number of aromatic nitrogens is 1. The van der Waals surface area contributed by atoms with Crippen molar-refractivity contribution >= 4 is 17.4 Å². The molecule has 2 unspecified atom stereocenters. The van der Waals surface area contributed by atoms with E-state index in [1.54, 1.807) is 6.20 Å². The van der Waals surface area contributed by atoms with Crippen LogP contribution in [0.2, 0.25) is 0 Å². The summed E-state index contributed by atoms with van der Waals surface area (Å²) in [7, 11) is 0. The van der Waals surface area contributed by atoms with Gasteiger partial charge >= 0.3 is 0 Å². The molecule has 0 saturated carbocycles. The monoisotopic (exact) mass is 291 g/mol. The van der Waals surface area contributed by atoms with E-state index in [1.807, 2.05) is 19.1 Å². The highest BCUT2D eigenvalue weighted by molar-refractivity contribution is 5.94. The normalized spacial score (nSPS) is 25.9. The summed E-state index contributed by atoms with van der Waals surface area (Å²) in [5.74, 6) is 0.835. The third-order valence-corrected chi connectivity index (χ3v) is 3.87. The number of carbonyl (C=O) groups is 1. The second-order valence-corrected chi connectivity index (χ2v) is 5.51. The standard InChI is InChI=1S/C15H21N3O3/c1-11-2-4-13(21-11)15(19)17-12-3-5-14(16-10-12)18-6-8-20-9-7-18/h3,5,10-11,13H,2,4,6-9H2,1H3,(H,17,19). The van der Waals surface area contributed by atoms with Gasteiger partial charge in [-0.05, 0) is 31.9 Å². The highest BCUT2D eigenvalue weighted by Gasteiger charge is 2.28. The number of rotatable bonds is 3. The molecule has 21 heavy (non-hydrogen) atoms. The first-order valence-corrected chi connectivity index (χ1v) is 7.47. The van der Waals surface area contributed by atoms with Crippen LogP contribution in [0.5, 0.6) is 0 Å². The van der Waals surface area contributed by atoms with Crippen LogP contribution in [0.25, 0.3) is 0 Å². The number of anilines is 2. The molecule has 2 saturated heterocycles. The van der Waals surface area contributed by atoms with E-state index in [4.69, 9.17) is 9.47 Å². The minimum atomic E-state index is -0.334. The Balaban J connectivity index is 1.57. The van der Waals surface area contributed by atoms with Gasteiger partial charge in [-0.15, -0.1) is 0 Å². The van der Waals surface area contributed by atoms with Crippen LogP contribution in [0, 0.1) is 0 Å². The van der Waals surface area contributed by atoms with Gasteiger partial charge in [0.25, 0.3) is 5.91 Å². The van der Waals surface area contributed by atoms with Crippen molar-refractivity contribution in [3.8, 4) is 0 Å². The summed E-state index contributed by atoms with van der Waals surface area (Å²) < 4.78 is 10.9. The number of amides is 1. The molecular weight excluding hydrogens is 270 g/mol. The first-order chi connectivity index (χ1) is 10.2. The Hall–Kier alpha value is -1.66. The zero-order chi connectivity index (χ0) is 14.7. The Bertz CT molecular complexity index is 485. The van der Waals surface area contributed by atoms with Crippen molar-refractivity contribution in [2.24, 2.45) is 0 Å². The molecule has 2 aliphatic heterocycles. The number of hydrogen-bond donors (Lipinski definition) is 1. The van der Waals surface area contributed by atoms with Crippen LogP contribution >= 0.6 is 0 Å². The maximum absolute atomic E-state index is 12.1. The van der Waals surface area contributed by atoms with Crippen molar-refractivity contribution in [3.05, 3.63) is 18.3 Å². The summed E-state index contributed by atoms with van der Waals surface area (Å²) in [4.78, 5) is 18.6. The lowest BCUT2D eigenvalue weighted by Gasteiger charge is -2.27. The molecule has 2 atom stereocenters. The lowest BCUT2D eigenvalue weighted by molar-refractivity contribution is -0.126. The molecule has 6 nitrogen and oxygen atoms in total. The SMILES string of the molecule is CC1CCC(C(=O)Nc2ccc(N3CCOCC3)nc2)O1. The quantitative estimate of drug-likeness (QED) is 0.912.